The van der Waals surface area contributed by atoms with Crippen LogP contribution >= 0.6 is 0 Å². The van der Waals surface area contributed by atoms with E-state index in [1.807, 2.05) is 51.2 Å². The lowest BCUT2D eigenvalue weighted by Gasteiger charge is -2.12. The van der Waals surface area contributed by atoms with Crippen LogP contribution in [0.4, 0.5) is 4.39 Å². The minimum atomic E-state index is -2.16. The molecule has 0 amide bonds. The van der Waals surface area contributed by atoms with Crippen LogP contribution < -0.4 is 4.57 Å². The Balaban J connectivity index is 1.95. The van der Waals surface area contributed by atoms with Gasteiger partial charge in [0.1, 0.15) is 12.9 Å². The molecule has 2 heteroatoms. The minimum Gasteiger partial charge on any atom is -0.207 e. The van der Waals surface area contributed by atoms with Crippen molar-refractivity contribution in [3.8, 4) is 22.4 Å². The fraction of sp³-hybridized carbons (Fsp3) is 0.160. The molecule has 0 spiro atoms. The zero-order valence-electron chi connectivity index (χ0n) is 18.7. The van der Waals surface area contributed by atoms with Gasteiger partial charge in [0.15, 0.2) is 0 Å². The molecule has 0 fully saturated rings. The van der Waals surface area contributed by atoms with E-state index in [9.17, 15) is 4.39 Å². The molecule has 0 radical (unpaired) electrons. The van der Waals surface area contributed by atoms with Crippen LogP contribution in [0.3, 0.4) is 0 Å². The molecule has 0 aliphatic carbocycles. The summed E-state index contributed by atoms with van der Waals surface area (Å²) in [7, 11) is 1.99. The molecular weight excluding hydrogens is 333 g/mol. The molecule has 3 aromatic carbocycles. The third kappa shape index (κ3) is 3.02. The molecule has 0 unspecified atom stereocenters. The van der Waals surface area contributed by atoms with E-state index in [2.05, 4.69) is 10.6 Å². The van der Waals surface area contributed by atoms with Gasteiger partial charge in [-0.1, -0.05) is 35.9 Å². The zero-order valence-corrected chi connectivity index (χ0v) is 15.7. The van der Waals surface area contributed by atoms with Crippen LogP contribution in [0.1, 0.15) is 20.8 Å². The first-order valence-corrected chi connectivity index (χ1v) is 8.96. The Labute approximate surface area is 163 Å². The molecule has 27 heavy (non-hydrogen) atoms. The molecule has 0 N–H and O–H groups in total. The third-order valence-corrected chi connectivity index (χ3v) is 5.20. The average Bonchev–Trinajstić information content (AvgIpc) is 2.69. The Morgan fingerprint density at radius 2 is 1.67 bits per heavy atom. The first-order chi connectivity index (χ1) is 14.2. The number of fused-ring (bicyclic) bond motifs is 1. The van der Waals surface area contributed by atoms with E-state index in [0.717, 1.165) is 44.4 Å². The molecule has 0 saturated heterocycles. The van der Waals surface area contributed by atoms with Crippen molar-refractivity contribution < 1.29 is 13.1 Å². The normalized spacial score (nSPS) is 13.3. The van der Waals surface area contributed by atoms with E-state index in [-0.39, 0.29) is 5.82 Å². The number of rotatable bonds is 2. The van der Waals surface area contributed by atoms with Crippen LogP contribution in [-0.2, 0) is 7.05 Å². The largest absolute Gasteiger partial charge is 0.213 e. The zero-order chi connectivity index (χ0) is 21.6. The lowest BCUT2D eigenvalue weighted by atomic mass is 9.95. The van der Waals surface area contributed by atoms with Gasteiger partial charge in [0.25, 0.3) is 0 Å². The highest BCUT2D eigenvalue weighted by atomic mass is 19.1. The molecule has 0 aliphatic rings. The van der Waals surface area contributed by atoms with Gasteiger partial charge in [-0.15, -0.1) is 0 Å². The van der Waals surface area contributed by atoms with Crippen LogP contribution in [0.25, 0.3) is 33.3 Å². The SMILES string of the molecule is [2H]C([2H])([2H])c1cc(C)cc(-c2ccc3c(-c4ccc(F)cc4)cccc3[n+]2C)c1C. The molecule has 0 aliphatic heterocycles. The summed E-state index contributed by atoms with van der Waals surface area (Å²) in [5.74, 6) is -0.258. The predicted octanol–water partition coefficient (Wildman–Crippen LogP) is 6.06. The van der Waals surface area contributed by atoms with Gasteiger partial charge in [0.2, 0.25) is 11.2 Å². The maximum Gasteiger partial charge on any atom is 0.213 e. The van der Waals surface area contributed by atoms with Gasteiger partial charge in [-0.05, 0) is 67.2 Å². The fourth-order valence-electron chi connectivity index (χ4n) is 3.70. The van der Waals surface area contributed by atoms with Gasteiger partial charge in [-0.3, -0.25) is 0 Å². The van der Waals surface area contributed by atoms with Crippen molar-refractivity contribution >= 4 is 10.9 Å². The van der Waals surface area contributed by atoms with Gasteiger partial charge >= 0.3 is 0 Å². The van der Waals surface area contributed by atoms with Gasteiger partial charge in [0, 0.05) is 21.8 Å². The third-order valence-electron chi connectivity index (χ3n) is 5.20. The highest BCUT2D eigenvalue weighted by Gasteiger charge is 2.18. The number of aryl methyl sites for hydroxylation is 3. The summed E-state index contributed by atoms with van der Waals surface area (Å²) in [6, 6.07) is 20.4. The number of hydrogen-bond acceptors (Lipinski definition) is 0. The standard InChI is InChI=1S/C25H23FN/c1-16-14-17(2)18(3)23(15-16)25-13-12-22-21(6-5-7-24(22)27(25)4)19-8-10-20(26)11-9-19/h5-15H,1-4H3/q+1/i2D3. The van der Waals surface area contributed by atoms with Crippen molar-refractivity contribution in [2.75, 3.05) is 0 Å². The van der Waals surface area contributed by atoms with E-state index < -0.39 is 6.85 Å². The summed E-state index contributed by atoms with van der Waals surface area (Å²) in [6.45, 7) is 1.64. The van der Waals surface area contributed by atoms with E-state index in [1.54, 1.807) is 18.2 Å². The second-order valence-electron chi connectivity index (χ2n) is 7.01. The number of pyridine rings is 1. The molecule has 134 valence electrons. The van der Waals surface area contributed by atoms with Crippen molar-refractivity contribution in [1.82, 2.24) is 0 Å². The molecule has 4 rings (SSSR count). The van der Waals surface area contributed by atoms with Gasteiger partial charge in [-0.2, -0.15) is 4.57 Å². The molecular formula is C25H23FN+. The predicted molar refractivity (Wildman–Crippen MR) is 110 cm³/mol. The average molecular weight is 359 g/mol. The minimum absolute atomic E-state index is 0.258. The topological polar surface area (TPSA) is 3.88 Å². The first-order valence-electron chi connectivity index (χ1n) is 10.5. The fourth-order valence-corrected chi connectivity index (χ4v) is 3.70. The molecule has 0 atom stereocenters. The number of aromatic nitrogens is 1. The van der Waals surface area contributed by atoms with E-state index >= 15 is 0 Å². The number of benzene rings is 3. The molecule has 1 nitrogen and oxygen atoms in total. The highest BCUT2D eigenvalue weighted by Crippen LogP contribution is 2.30. The van der Waals surface area contributed by atoms with Crippen molar-refractivity contribution in [2.24, 2.45) is 7.05 Å². The smallest absolute Gasteiger partial charge is 0.207 e. The van der Waals surface area contributed by atoms with Crippen LogP contribution in [0, 0.1) is 26.5 Å². The Morgan fingerprint density at radius 3 is 2.41 bits per heavy atom. The van der Waals surface area contributed by atoms with Gasteiger partial charge in [-0.25, -0.2) is 4.39 Å². The monoisotopic (exact) mass is 359 g/mol. The van der Waals surface area contributed by atoms with Crippen molar-refractivity contribution in [2.45, 2.75) is 20.7 Å². The summed E-state index contributed by atoms with van der Waals surface area (Å²) in [6.07, 6.45) is 0. The van der Waals surface area contributed by atoms with E-state index in [4.69, 9.17) is 4.11 Å². The van der Waals surface area contributed by atoms with Crippen molar-refractivity contribution in [3.05, 3.63) is 89.2 Å². The van der Waals surface area contributed by atoms with Crippen molar-refractivity contribution in [3.63, 3.8) is 0 Å². The summed E-state index contributed by atoms with van der Waals surface area (Å²) < 4.78 is 39.1. The Kier molecular flexibility index (Phi) is 3.46. The molecule has 1 heterocycles. The Morgan fingerprint density at radius 1 is 0.889 bits per heavy atom. The first kappa shape index (κ1) is 14.1. The summed E-state index contributed by atoms with van der Waals surface area (Å²) in [5, 5.41) is 1.05. The number of hydrogen-bond donors (Lipinski definition) is 0. The lowest BCUT2D eigenvalue weighted by molar-refractivity contribution is -0.633. The Bertz CT molecular complexity index is 1260. The van der Waals surface area contributed by atoms with Crippen molar-refractivity contribution in [1.29, 1.82) is 0 Å². The van der Waals surface area contributed by atoms with E-state index in [0.29, 0.717) is 5.56 Å². The van der Waals surface area contributed by atoms with Gasteiger partial charge in [0.05, 0.1) is 5.39 Å². The van der Waals surface area contributed by atoms with Crippen LogP contribution in [0.15, 0.2) is 66.7 Å². The maximum absolute atomic E-state index is 13.4. The molecule has 1 aromatic heterocycles. The van der Waals surface area contributed by atoms with E-state index in [1.165, 1.54) is 12.1 Å². The second kappa shape index (κ2) is 6.62. The molecule has 0 bridgehead atoms. The summed E-state index contributed by atoms with van der Waals surface area (Å²) in [5.41, 5.74) is 6.93. The van der Waals surface area contributed by atoms with Crippen LogP contribution in [0.2, 0.25) is 0 Å². The van der Waals surface area contributed by atoms with Crippen LogP contribution in [0.5, 0.6) is 0 Å². The molecule has 0 saturated carbocycles. The quantitative estimate of drug-likeness (QED) is 0.383. The summed E-state index contributed by atoms with van der Waals surface area (Å²) in [4.78, 5) is 0. The van der Waals surface area contributed by atoms with Crippen LogP contribution in [-0.4, -0.2) is 0 Å². The van der Waals surface area contributed by atoms with Gasteiger partial charge < -0.3 is 0 Å². The highest BCUT2D eigenvalue weighted by molar-refractivity contribution is 5.93. The number of halogens is 1. The Hall–Kier alpha value is -3.00. The summed E-state index contributed by atoms with van der Waals surface area (Å²) >= 11 is 0. The second-order valence-corrected chi connectivity index (χ2v) is 7.01. The molecule has 4 aromatic rings. The number of nitrogens with zero attached hydrogens (tertiary/aromatic N) is 1. The maximum atomic E-state index is 13.4. The lowest BCUT2D eigenvalue weighted by Crippen LogP contribution is -2.32.